The fourth-order valence-electron chi connectivity index (χ4n) is 0.642. The summed E-state index contributed by atoms with van der Waals surface area (Å²) in [5, 5.41) is 0. The number of ketones is 2. The summed E-state index contributed by atoms with van der Waals surface area (Å²) in [6, 6.07) is 0. The highest BCUT2D eigenvalue weighted by molar-refractivity contribution is 6.29. The van der Waals surface area contributed by atoms with E-state index >= 15 is 0 Å². The normalized spacial score (nSPS) is 12.6. The molecule has 0 rings (SSSR count). The maximum absolute atomic E-state index is 10.8. The van der Waals surface area contributed by atoms with Crippen LogP contribution in [0.1, 0.15) is 13.3 Å². The quantitative estimate of drug-likeness (QED) is 0.627. The number of rotatable bonds is 5. The van der Waals surface area contributed by atoms with Crippen LogP contribution >= 0.6 is 23.2 Å². The molecule has 0 fully saturated rings. The Hall–Kier alpha value is -0.0800. The molecule has 0 aromatic rings. The lowest BCUT2D eigenvalue weighted by atomic mass is 10.0. The van der Waals surface area contributed by atoms with E-state index in [4.69, 9.17) is 23.2 Å². The van der Waals surface area contributed by atoms with Crippen molar-refractivity contribution in [2.24, 2.45) is 5.92 Å². The molecule has 0 saturated heterocycles. The predicted octanol–water partition coefficient (Wildman–Crippen LogP) is 1.63. The minimum Gasteiger partial charge on any atom is -0.298 e. The van der Waals surface area contributed by atoms with Crippen molar-refractivity contribution in [3.8, 4) is 0 Å². The molecule has 0 bridgehead atoms. The number of Topliss-reactive ketones (excluding diaryl/α,β-unsaturated/α-hetero) is 2. The van der Waals surface area contributed by atoms with Gasteiger partial charge in [0.2, 0.25) is 0 Å². The molecule has 0 saturated carbocycles. The molecule has 0 heterocycles. The van der Waals surface area contributed by atoms with Gasteiger partial charge < -0.3 is 0 Å². The van der Waals surface area contributed by atoms with E-state index < -0.39 is 0 Å². The van der Waals surface area contributed by atoms with Gasteiger partial charge in [0.25, 0.3) is 0 Å². The van der Waals surface area contributed by atoms with Gasteiger partial charge in [0.1, 0.15) is 5.78 Å². The van der Waals surface area contributed by atoms with E-state index in [-0.39, 0.29) is 35.7 Å². The van der Waals surface area contributed by atoms with Crippen LogP contribution in [-0.2, 0) is 9.59 Å². The van der Waals surface area contributed by atoms with Crippen LogP contribution in [0.5, 0.6) is 0 Å². The zero-order chi connectivity index (χ0) is 8.85. The van der Waals surface area contributed by atoms with E-state index in [1.54, 1.807) is 6.92 Å². The number of alkyl halides is 2. The molecule has 0 aliphatic carbocycles. The average molecular weight is 197 g/mol. The molecule has 0 aliphatic heterocycles. The monoisotopic (exact) mass is 196 g/mol. The molecule has 1 unspecified atom stereocenters. The molecule has 64 valence electrons. The lowest BCUT2D eigenvalue weighted by Gasteiger charge is -2.04. The highest BCUT2D eigenvalue weighted by Gasteiger charge is 2.14. The first-order valence-corrected chi connectivity index (χ1v) is 4.35. The summed E-state index contributed by atoms with van der Waals surface area (Å²) in [4.78, 5) is 21.6. The molecule has 0 spiro atoms. The second-order valence-corrected chi connectivity index (χ2v) is 2.91. The predicted molar refractivity (Wildman–Crippen MR) is 45.2 cm³/mol. The van der Waals surface area contributed by atoms with Gasteiger partial charge in [-0.05, 0) is 0 Å². The summed E-state index contributed by atoms with van der Waals surface area (Å²) in [6.07, 6.45) is 0.203. The Morgan fingerprint density at radius 2 is 1.82 bits per heavy atom. The number of hydrogen-bond donors (Lipinski definition) is 0. The summed E-state index contributed by atoms with van der Waals surface area (Å²) in [5.41, 5.74) is 0. The van der Waals surface area contributed by atoms with Crippen molar-refractivity contribution in [2.75, 3.05) is 11.8 Å². The first-order chi connectivity index (χ1) is 5.11. The molecule has 11 heavy (non-hydrogen) atoms. The number of hydrogen-bond acceptors (Lipinski definition) is 2. The molecular formula is C7H10Cl2O2. The Labute approximate surface area is 75.9 Å². The highest BCUT2D eigenvalue weighted by atomic mass is 35.5. The number of carbonyl (C=O) groups is 2. The molecule has 0 amide bonds. The Morgan fingerprint density at radius 3 is 2.18 bits per heavy atom. The molecule has 1 atom stereocenters. The van der Waals surface area contributed by atoms with Gasteiger partial charge in [-0.15, -0.1) is 23.2 Å². The van der Waals surface area contributed by atoms with Crippen LogP contribution in [0.3, 0.4) is 0 Å². The molecule has 0 N–H and O–H groups in total. The van der Waals surface area contributed by atoms with Crippen molar-refractivity contribution in [3.05, 3.63) is 0 Å². The third kappa shape index (κ3) is 4.38. The number of carbonyl (C=O) groups excluding carboxylic acids is 2. The zero-order valence-corrected chi connectivity index (χ0v) is 7.78. The van der Waals surface area contributed by atoms with Gasteiger partial charge >= 0.3 is 0 Å². The lowest BCUT2D eigenvalue weighted by molar-refractivity contribution is -0.124. The second kappa shape index (κ2) is 5.56. The molecule has 4 heteroatoms. The molecular weight excluding hydrogens is 187 g/mol. The smallest absolute Gasteiger partial charge is 0.150 e. The van der Waals surface area contributed by atoms with Gasteiger partial charge in [0.05, 0.1) is 11.8 Å². The standard InChI is InChI=1S/C7H10Cl2O2/c1-5(7(11)4-9)2-6(10)3-8/h5H,2-4H2,1H3. The summed E-state index contributed by atoms with van der Waals surface area (Å²) in [7, 11) is 0. The van der Waals surface area contributed by atoms with Crippen molar-refractivity contribution in [1.29, 1.82) is 0 Å². The molecule has 0 radical (unpaired) electrons. The third-order valence-electron chi connectivity index (χ3n) is 1.36. The Balaban J connectivity index is 3.77. The Morgan fingerprint density at radius 1 is 1.27 bits per heavy atom. The Kier molecular flexibility index (Phi) is 5.51. The van der Waals surface area contributed by atoms with Crippen LogP contribution in [-0.4, -0.2) is 23.3 Å². The maximum atomic E-state index is 10.8. The topological polar surface area (TPSA) is 34.1 Å². The second-order valence-electron chi connectivity index (χ2n) is 2.38. The van der Waals surface area contributed by atoms with Gasteiger partial charge in [0, 0.05) is 12.3 Å². The first kappa shape index (κ1) is 10.9. The molecule has 0 aromatic heterocycles. The third-order valence-corrected chi connectivity index (χ3v) is 1.93. The zero-order valence-electron chi connectivity index (χ0n) is 6.27. The Bertz CT molecular complexity index is 157. The minimum atomic E-state index is -0.293. The van der Waals surface area contributed by atoms with E-state index in [0.29, 0.717) is 0 Å². The summed E-state index contributed by atoms with van der Waals surface area (Å²) >= 11 is 10.5. The van der Waals surface area contributed by atoms with Crippen LogP contribution in [0.15, 0.2) is 0 Å². The largest absolute Gasteiger partial charge is 0.298 e. The van der Waals surface area contributed by atoms with Gasteiger partial charge in [-0.1, -0.05) is 6.92 Å². The van der Waals surface area contributed by atoms with Gasteiger partial charge in [0.15, 0.2) is 5.78 Å². The lowest BCUT2D eigenvalue weighted by Crippen LogP contribution is -2.16. The van der Waals surface area contributed by atoms with Crippen LogP contribution < -0.4 is 0 Å². The SMILES string of the molecule is CC(CC(=O)CCl)C(=O)CCl. The highest BCUT2D eigenvalue weighted by Crippen LogP contribution is 2.05. The average Bonchev–Trinajstić information content (AvgIpc) is 2.02. The fraction of sp³-hybridized carbons (Fsp3) is 0.714. The molecule has 0 aromatic carbocycles. The van der Waals surface area contributed by atoms with E-state index in [2.05, 4.69) is 0 Å². The fourth-order valence-corrected chi connectivity index (χ4v) is 1.01. The van der Waals surface area contributed by atoms with E-state index in [1.807, 2.05) is 0 Å². The van der Waals surface area contributed by atoms with Gasteiger partial charge in [-0.3, -0.25) is 9.59 Å². The van der Waals surface area contributed by atoms with E-state index in [0.717, 1.165) is 0 Å². The van der Waals surface area contributed by atoms with Crippen LogP contribution in [0, 0.1) is 5.92 Å². The number of halogens is 2. The van der Waals surface area contributed by atoms with Crippen molar-refractivity contribution >= 4 is 34.8 Å². The summed E-state index contributed by atoms with van der Waals surface area (Å²) < 4.78 is 0. The van der Waals surface area contributed by atoms with Crippen LogP contribution in [0.2, 0.25) is 0 Å². The van der Waals surface area contributed by atoms with Crippen molar-refractivity contribution in [1.82, 2.24) is 0 Å². The van der Waals surface area contributed by atoms with Gasteiger partial charge in [-0.25, -0.2) is 0 Å². The van der Waals surface area contributed by atoms with Gasteiger partial charge in [-0.2, -0.15) is 0 Å². The van der Waals surface area contributed by atoms with E-state index in [1.165, 1.54) is 0 Å². The van der Waals surface area contributed by atoms with Crippen LogP contribution in [0.25, 0.3) is 0 Å². The van der Waals surface area contributed by atoms with Crippen molar-refractivity contribution in [2.45, 2.75) is 13.3 Å². The maximum Gasteiger partial charge on any atom is 0.150 e. The van der Waals surface area contributed by atoms with Crippen molar-refractivity contribution in [3.63, 3.8) is 0 Å². The van der Waals surface area contributed by atoms with Crippen molar-refractivity contribution < 1.29 is 9.59 Å². The summed E-state index contributed by atoms with van der Waals surface area (Å²) in [5.74, 6) is -0.571. The first-order valence-electron chi connectivity index (χ1n) is 3.28. The summed E-state index contributed by atoms with van der Waals surface area (Å²) in [6.45, 7) is 1.68. The minimum absolute atomic E-state index is 0.0279. The molecule has 2 nitrogen and oxygen atoms in total. The van der Waals surface area contributed by atoms with E-state index in [9.17, 15) is 9.59 Å². The molecule has 0 aliphatic rings. The van der Waals surface area contributed by atoms with Crippen LogP contribution in [0.4, 0.5) is 0 Å².